The van der Waals surface area contributed by atoms with Crippen LogP contribution in [0.1, 0.15) is 24.8 Å². The second kappa shape index (κ2) is 6.92. The summed E-state index contributed by atoms with van der Waals surface area (Å²) in [6.07, 6.45) is 4.19. The van der Waals surface area contributed by atoms with Gasteiger partial charge < -0.3 is 9.84 Å². The van der Waals surface area contributed by atoms with E-state index in [1.165, 1.54) is 18.1 Å². The molecule has 2 amide bonds. The SMILES string of the molecule is C=CC1=CC[C@H]2C(=O)N(c3ccccc3)C(=O)[C@@]2(C)[C@H]1c1ccc(O)cc1OC. The second-order valence-electron chi connectivity index (χ2n) is 7.65. The number of allylic oxidation sites excluding steroid dienone is 3. The van der Waals surface area contributed by atoms with E-state index < -0.39 is 17.3 Å². The summed E-state index contributed by atoms with van der Waals surface area (Å²) in [5.74, 6) is -0.769. The molecule has 2 aromatic rings. The first-order chi connectivity index (χ1) is 13.9. The Labute approximate surface area is 169 Å². The molecule has 1 N–H and O–H groups in total. The maximum absolute atomic E-state index is 13.7. The second-order valence-corrected chi connectivity index (χ2v) is 7.65. The molecule has 148 valence electrons. The Bertz CT molecular complexity index is 1030. The van der Waals surface area contributed by atoms with Crippen LogP contribution >= 0.6 is 0 Å². The monoisotopic (exact) mass is 389 g/mol. The highest BCUT2D eigenvalue weighted by atomic mass is 16.5. The number of rotatable bonds is 4. The van der Waals surface area contributed by atoms with E-state index >= 15 is 0 Å². The van der Waals surface area contributed by atoms with Gasteiger partial charge in [0, 0.05) is 17.5 Å². The number of carbonyl (C=O) groups excluding carboxylic acids is 2. The van der Waals surface area contributed by atoms with Gasteiger partial charge in [-0.25, -0.2) is 4.90 Å². The number of carbonyl (C=O) groups is 2. The molecule has 3 atom stereocenters. The van der Waals surface area contributed by atoms with Crippen LogP contribution in [0.5, 0.6) is 11.5 Å². The minimum Gasteiger partial charge on any atom is -0.508 e. The van der Waals surface area contributed by atoms with Crippen molar-refractivity contribution in [3.63, 3.8) is 0 Å². The molecular formula is C24H23NO4. The average Bonchev–Trinajstić information content (AvgIpc) is 2.93. The fourth-order valence-corrected chi connectivity index (χ4v) is 4.75. The number of phenols is 1. The third-order valence-corrected chi connectivity index (χ3v) is 6.21. The normalized spacial score (nSPS) is 26.1. The third-order valence-electron chi connectivity index (χ3n) is 6.21. The highest BCUT2D eigenvalue weighted by molar-refractivity contribution is 6.24. The van der Waals surface area contributed by atoms with E-state index in [2.05, 4.69) is 6.58 Å². The first-order valence-corrected chi connectivity index (χ1v) is 9.56. The van der Waals surface area contributed by atoms with E-state index in [0.717, 1.165) is 11.1 Å². The van der Waals surface area contributed by atoms with Gasteiger partial charge >= 0.3 is 0 Å². The first kappa shape index (κ1) is 19.0. The molecular weight excluding hydrogens is 366 g/mol. The summed E-state index contributed by atoms with van der Waals surface area (Å²) in [5.41, 5.74) is 1.22. The Morgan fingerprint density at radius 2 is 1.93 bits per heavy atom. The number of para-hydroxylation sites is 1. The van der Waals surface area contributed by atoms with Crippen molar-refractivity contribution in [2.45, 2.75) is 19.3 Å². The number of anilines is 1. The topological polar surface area (TPSA) is 66.8 Å². The van der Waals surface area contributed by atoms with Crippen LogP contribution < -0.4 is 9.64 Å². The van der Waals surface area contributed by atoms with E-state index in [0.29, 0.717) is 17.9 Å². The van der Waals surface area contributed by atoms with Crippen LogP contribution in [0.15, 0.2) is 72.8 Å². The lowest BCUT2D eigenvalue weighted by molar-refractivity contribution is -0.127. The van der Waals surface area contributed by atoms with Crippen LogP contribution in [0.2, 0.25) is 0 Å². The van der Waals surface area contributed by atoms with Crippen LogP contribution in [0.4, 0.5) is 5.69 Å². The summed E-state index contributed by atoms with van der Waals surface area (Å²) in [7, 11) is 1.52. The largest absolute Gasteiger partial charge is 0.508 e. The van der Waals surface area contributed by atoms with Gasteiger partial charge in [0.15, 0.2) is 0 Å². The molecule has 4 rings (SSSR count). The zero-order valence-electron chi connectivity index (χ0n) is 16.5. The summed E-state index contributed by atoms with van der Waals surface area (Å²) in [4.78, 5) is 28.4. The molecule has 0 bridgehead atoms. The summed E-state index contributed by atoms with van der Waals surface area (Å²) < 4.78 is 5.51. The lowest BCUT2D eigenvalue weighted by Gasteiger charge is -2.40. The Balaban J connectivity index is 1.90. The first-order valence-electron chi connectivity index (χ1n) is 9.56. The van der Waals surface area contributed by atoms with Crippen molar-refractivity contribution < 1.29 is 19.4 Å². The Hall–Kier alpha value is -3.34. The van der Waals surface area contributed by atoms with Crippen LogP contribution in [0.3, 0.4) is 0 Å². The highest BCUT2D eigenvalue weighted by Gasteiger charge is 2.62. The molecule has 5 nitrogen and oxygen atoms in total. The molecule has 1 aliphatic carbocycles. The molecule has 5 heteroatoms. The van der Waals surface area contributed by atoms with Gasteiger partial charge in [0.2, 0.25) is 11.8 Å². The number of fused-ring (bicyclic) bond motifs is 1. The lowest BCUT2D eigenvalue weighted by atomic mass is 9.60. The van der Waals surface area contributed by atoms with Gasteiger partial charge in [-0.2, -0.15) is 0 Å². The van der Waals surface area contributed by atoms with Gasteiger partial charge in [-0.3, -0.25) is 9.59 Å². The third kappa shape index (κ3) is 2.69. The van der Waals surface area contributed by atoms with Crippen LogP contribution in [0, 0.1) is 11.3 Å². The summed E-state index contributed by atoms with van der Waals surface area (Å²) in [5, 5.41) is 9.88. The van der Waals surface area contributed by atoms with Gasteiger partial charge in [0.05, 0.1) is 24.1 Å². The highest BCUT2D eigenvalue weighted by Crippen LogP contribution is 2.58. The predicted molar refractivity (Wildman–Crippen MR) is 111 cm³/mol. The predicted octanol–water partition coefficient (Wildman–Crippen LogP) is 4.20. The number of hydrogen-bond acceptors (Lipinski definition) is 4. The number of phenolic OH excluding ortho intramolecular Hbond substituents is 1. The number of amides is 2. The molecule has 1 fully saturated rings. The fraction of sp³-hybridized carbons (Fsp3) is 0.250. The van der Waals surface area contributed by atoms with Crippen molar-refractivity contribution in [3.05, 3.63) is 78.4 Å². The molecule has 1 aliphatic heterocycles. The summed E-state index contributed by atoms with van der Waals surface area (Å²) in [6, 6.07) is 13.9. The van der Waals surface area contributed by atoms with Crippen molar-refractivity contribution >= 4 is 17.5 Å². The maximum Gasteiger partial charge on any atom is 0.241 e. The summed E-state index contributed by atoms with van der Waals surface area (Å²) >= 11 is 0. The minimum atomic E-state index is -0.991. The molecule has 0 saturated carbocycles. The van der Waals surface area contributed by atoms with Crippen molar-refractivity contribution in [2.75, 3.05) is 12.0 Å². The lowest BCUT2D eigenvalue weighted by Crippen LogP contribution is -2.41. The number of hydrogen-bond donors (Lipinski definition) is 1. The molecule has 29 heavy (non-hydrogen) atoms. The standard InChI is InChI=1S/C24H23NO4/c1-4-15-10-13-19-22(27)25(16-8-6-5-7-9-16)23(28)24(19,2)21(15)18-12-11-17(26)14-20(18)29-3/h4-12,14,19,21,26H,1,13H2,2-3H3/t19-,21+,24+/m0/s1. The van der Waals surface area contributed by atoms with E-state index in [9.17, 15) is 14.7 Å². The molecule has 2 aliphatic rings. The summed E-state index contributed by atoms with van der Waals surface area (Å²) in [6.45, 7) is 5.79. The number of methoxy groups -OCH3 is 1. The Morgan fingerprint density at radius 3 is 2.59 bits per heavy atom. The Kier molecular flexibility index (Phi) is 4.53. The number of imide groups is 1. The smallest absolute Gasteiger partial charge is 0.241 e. The van der Waals surface area contributed by atoms with E-state index in [1.54, 1.807) is 30.3 Å². The number of aromatic hydroxyl groups is 1. The zero-order chi connectivity index (χ0) is 20.8. The molecule has 2 aromatic carbocycles. The molecule has 0 spiro atoms. The Morgan fingerprint density at radius 1 is 1.21 bits per heavy atom. The van der Waals surface area contributed by atoms with Gasteiger partial charge in [0.1, 0.15) is 11.5 Å². The van der Waals surface area contributed by atoms with Crippen molar-refractivity contribution in [3.8, 4) is 11.5 Å². The molecule has 0 radical (unpaired) electrons. The van der Waals surface area contributed by atoms with Gasteiger partial charge in [-0.05, 0) is 37.1 Å². The van der Waals surface area contributed by atoms with Gasteiger partial charge in [-0.15, -0.1) is 0 Å². The van der Waals surface area contributed by atoms with Crippen molar-refractivity contribution in [1.29, 1.82) is 0 Å². The molecule has 1 heterocycles. The fourth-order valence-electron chi connectivity index (χ4n) is 4.75. The maximum atomic E-state index is 13.7. The van der Waals surface area contributed by atoms with Crippen molar-refractivity contribution in [2.24, 2.45) is 11.3 Å². The molecule has 0 unspecified atom stereocenters. The van der Waals surface area contributed by atoms with Gasteiger partial charge in [-0.1, -0.05) is 43.0 Å². The van der Waals surface area contributed by atoms with E-state index in [-0.39, 0.29) is 17.6 Å². The van der Waals surface area contributed by atoms with Crippen LogP contribution in [0.25, 0.3) is 0 Å². The minimum absolute atomic E-state index is 0.0759. The quantitative estimate of drug-likeness (QED) is 0.796. The van der Waals surface area contributed by atoms with Crippen LogP contribution in [-0.2, 0) is 9.59 Å². The van der Waals surface area contributed by atoms with Crippen molar-refractivity contribution in [1.82, 2.24) is 0 Å². The zero-order valence-corrected chi connectivity index (χ0v) is 16.5. The van der Waals surface area contributed by atoms with E-state index in [4.69, 9.17) is 4.74 Å². The number of ether oxygens (including phenoxy) is 1. The number of nitrogens with zero attached hydrogens (tertiary/aromatic N) is 1. The van der Waals surface area contributed by atoms with E-state index in [1.807, 2.05) is 31.2 Å². The van der Waals surface area contributed by atoms with Crippen LogP contribution in [-0.4, -0.2) is 24.0 Å². The molecule has 0 aromatic heterocycles. The van der Waals surface area contributed by atoms with Gasteiger partial charge in [0.25, 0.3) is 0 Å². The number of benzene rings is 2. The molecule has 1 saturated heterocycles. The average molecular weight is 389 g/mol.